The first-order chi connectivity index (χ1) is 9.51. The average Bonchev–Trinajstić information content (AvgIpc) is 2.84. The highest BCUT2D eigenvalue weighted by Gasteiger charge is 2.11. The molecule has 0 saturated carbocycles. The van der Waals surface area contributed by atoms with Gasteiger partial charge >= 0.3 is 0 Å². The highest BCUT2D eigenvalue weighted by Crippen LogP contribution is 2.30. The fourth-order valence-electron chi connectivity index (χ4n) is 2.02. The molecule has 0 N–H and O–H groups in total. The van der Waals surface area contributed by atoms with Gasteiger partial charge in [0.25, 0.3) is 0 Å². The second kappa shape index (κ2) is 5.03. The first kappa shape index (κ1) is 13.3. The molecule has 3 rings (SSSR count). The van der Waals surface area contributed by atoms with E-state index in [1.807, 2.05) is 12.1 Å². The van der Waals surface area contributed by atoms with Crippen LogP contribution in [0, 0.1) is 0 Å². The maximum atomic E-state index is 11.1. The molecule has 3 aromatic rings. The van der Waals surface area contributed by atoms with Gasteiger partial charge in [-0.1, -0.05) is 0 Å². The summed E-state index contributed by atoms with van der Waals surface area (Å²) in [5.41, 5.74) is 1.80. The van der Waals surface area contributed by atoms with E-state index in [-0.39, 0.29) is 11.6 Å². The Kier molecular flexibility index (Phi) is 3.35. The van der Waals surface area contributed by atoms with Crippen molar-refractivity contribution in [3.05, 3.63) is 22.1 Å². The zero-order chi connectivity index (χ0) is 14.3. The third kappa shape index (κ3) is 2.62. The minimum atomic E-state index is 0.118. The zero-order valence-electron chi connectivity index (χ0n) is 11.1. The number of carbonyl (C=O) groups is 2. The second-order valence-corrected chi connectivity index (χ2v) is 6.99. The number of benzene rings is 1. The van der Waals surface area contributed by atoms with E-state index >= 15 is 0 Å². The second-order valence-electron chi connectivity index (χ2n) is 4.76. The largest absolute Gasteiger partial charge is 0.300 e. The lowest BCUT2D eigenvalue weighted by Gasteiger charge is -1.87. The number of hydrogen-bond donors (Lipinski definition) is 0. The molecule has 20 heavy (non-hydrogen) atoms. The Morgan fingerprint density at radius 1 is 0.900 bits per heavy atom. The average molecular weight is 304 g/mol. The number of rotatable bonds is 4. The first-order valence-corrected chi connectivity index (χ1v) is 7.82. The molecule has 0 unspecified atom stereocenters. The molecule has 0 aliphatic rings. The molecule has 6 heteroatoms. The molecule has 0 aliphatic carbocycles. The summed E-state index contributed by atoms with van der Waals surface area (Å²) in [5, 5.41) is 1.68. The third-order valence-corrected chi connectivity index (χ3v) is 4.82. The minimum Gasteiger partial charge on any atom is -0.300 e. The van der Waals surface area contributed by atoms with Crippen LogP contribution in [0.5, 0.6) is 0 Å². The van der Waals surface area contributed by atoms with Gasteiger partial charge in [0.05, 0.1) is 33.3 Å². The number of carbonyl (C=O) groups excluding carboxylic acids is 2. The molecule has 4 nitrogen and oxygen atoms in total. The molecule has 1 aromatic carbocycles. The number of aromatic nitrogens is 2. The maximum absolute atomic E-state index is 11.1. The third-order valence-electron chi connectivity index (χ3n) is 2.79. The molecule has 0 atom stereocenters. The molecular formula is C14H12N2O2S2. The van der Waals surface area contributed by atoms with Crippen LogP contribution >= 0.6 is 22.7 Å². The lowest BCUT2D eigenvalue weighted by Crippen LogP contribution is -1.94. The molecule has 0 bridgehead atoms. The molecule has 102 valence electrons. The van der Waals surface area contributed by atoms with Crippen LogP contribution < -0.4 is 0 Å². The van der Waals surface area contributed by atoms with Crippen molar-refractivity contribution in [2.24, 2.45) is 0 Å². The summed E-state index contributed by atoms with van der Waals surface area (Å²) in [4.78, 5) is 31.3. The Hall–Kier alpha value is -1.66. The summed E-state index contributed by atoms with van der Waals surface area (Å²) in [7, 11) is 0. The molecule has 0 saturated heterocycles. The van der Waals surface area contributed by atoms with Gasteiger partial charge < -0.3 is 0 Å². The van der Waals surface area contributed by atoms with E-state index in [1.54, 1.807) is 13.8 Å². The zero-order valence-corrected chi connectivity index (χ0v) is 12.7. The van der Waals surface area contributed by atoms with Crippen molar-refractivity contribution in [3.63, 3.8) is 0 Å². The standard InChI is InChI=1S/C14H12N2O2S2/c1-7(17)3-13-15-9-5-12-10(6-11(9)19-13)16-14(20-12)4-8(2)18/h5-6H,3-4H2,1-2H3. The van der Waals surface area contributed by atoms with Crippen molar-refractivity contribution in [3.8, 4) is 0 Å². The predicted octanol–water partition coefficient (Wildman–Crippen LogP) is 3.17. The Balaban J connectivity index is 2.05. The molecule has 0 fully saturated rings. The van der Waals surface area contributed by atoms with Crippen molar-refractivity contribution < 1.29 is 9.59 Å². The van der Waals surface area contributed by atoms with Crippen molar-refractivity contribution in [1.29, 1.82) is 0 Å². The quantitative estimate of drug-likeness (QED) is 0.743. The Labute approximate surface area is 123 Å². The van der Waals surface area contributed by atoms with Crippen LogP contribution in [0.25, 0.3) is 20.4 Å². The van der Waals surface area contributed by atoms with Crippen LogP contribution in [0.1, 0.15) is 23.9 Å². The van der Waals surface area contributed by atoms with Gasteiger partial charge in [-0.25, -0.2) is 9.97 Å². The molecule has 2 heterocycles. The van der Waals surface area contributed by atoms with Gasteiger partial charge in [-0.05, 0) is 26.0 Å². The van der Waals surface area contributed by atoms with Crippen LogP contribution in [0.15, 0.2) is 12.1 Å². The van der Waals surface area contributed by atoms with E-state index in [4.69, 9.17) is 0 Å². The lowest BCUT2D eigenvalue weighted by atomic mass is 10.3. The Bertz CT molecular complexity index is 716. The first-order valence-electron chi connectivity index (χ1n) is 6.19. The van der Waals surface area contributed by atoms with E-state index in [1.165, 1.54) is 22.7 Å². The summed E-state index contributed by atoms with van der Waals surface area (Å²) in [6.45, 7) is 3.14. The summed E-state index contributed by atoms with van der Waals surface area (Å²) in [6, 6.07) is 3.98. The van der Waals surface area contributed by atoms with Gasteiger partial charge in [-0.3, -0.25) is 9.59 Å². The maximum Gasteiger partial charge on any atom is 0.136 e. The molecule has 0 aliphatic heterocycles. The number of hydrogen-bond acceptors (Lipinski definition) is 6. The molecule has 0 radical (unpaired) electrons. The SMILES string of the molecule is CC(=O)Cc1nc2cc3sc(CC(C)=O)nc3cc2s1. The van der Waals surface area contributed by atoms with Gasteiger partial charge in [-0.2, -0.15) is 0 Å². The fraction of sp³-hybridized carbons (Fsp3) is 0.286. The normalized spacial score (nSPS) is 11.3. The number of nitrogens with zero attached hydrogens (tertiary/aromatic N) is 2. The van der Waals surface area contributed by atoms with Crippen molar-refractivity contribution in [2.75, 3.05) is 0 Å². The van der Waals surface area contributed by atoms with Gasteiger partial charge in [0.2, 0.25) is 0 Å². The van der Waals surface area contributed by atoms with Crippen LogP contribution in [0.2, 0.25) is 0 Å². The van der Waals surface area contributed by atoms with Gasteiger partial charge in [0.15, 0.2) is 0 Å². The van der Waals surface area contributed by atoms with Crippen molar-refractivity contribution >= 4 is 54.7 Å². The van der Waals surface area contributed by atoms with Gasteiger partial charge in [-0.15, -0.1) is 22.7 Å². The van der Waals surface area contributed by atoms with E-state index in [0.29, 0.717) is 12.8 Å². The summed E-state index contributed by atoms with van der Waals surface area (Å²) < 4.78 is 2.07. The smallest absolute Gasteiger partial charge is 0.136 e. The predicted molar refractivity (Wildman–Crippen MR) is 81.6 cm³/mol. The number of fused-ring (bicyclic) bond motifs is 2. The summed E-state index contributed by atoms with van der Waals surface area (Å²) >= 11 is 3.06. The van der Waals surface area contributed by atoms with E-state index < -0.39 is 0 Å². The number of thiazole rings is 2. The number of Topliss-reactive ketones (excluding diaryl/α,β-unsaturated/α-hetero) is 2. The van der Waals surface area contributed by atoms with Crippen LogP contribution in [-0.2, 0) is 22.4 Å². The molecular weight excluding hydrogens is 292 g/mol. The van der Waals surface area contributed by atoms with Crippen LogP contribution in [0.3, 0.4) is 0 Å². The van der Waals surface area contributed by atoms with Crippen LogP contribution in [-0.4, -0.2) is 21.5 Å². The molecule has 2 aromatic heterocycles. The van der Waals surface area contributed by atoms with Gasteiger partial charge in [0.1, 0.15) is 21.6 Å². The lowest BCUT2D eigenvalue weighted by molar-refractivity contribution is -0.117. The van der Waals surface area contributed by atoms with Crippen molar-refractivity contribution in [2.45, 2.75) is 26.7 Å². The van der Waals surface area contributed by atoms with Crippen molar-refractivity contribution in [1.82, 2.24) is 9.97 Å². The van der Waals surface area contributed by atoms with E-state index in [0.717, 1.165) is 30.4 Å². The minimum absolute atomic E-state index is 0.118. The van der Waals surface area contributed by atoms with E-state index in [9.17, 15) is 9.59 Å². The van der Waals surface area contributed by atoms with Crippen LogP contribution in [0.4, 0.5) is 0 Å². The monoisotopic (exact) mass is 304 g/mol. The Morgan fingerprint density at radius 3 is 1.65 bits per heavy atom. The van der Waals surface area contributed by atoms with Gasteiger partial charge in [0, 0.05) is 0 Å². The highest BCUT2D eigenvalue weighted by molar-refractivity contribution is 7.20. The number of ketones is 2. The Morgan fingerprint density at radius 2 is 1.30 bits per heavy atom. The topological polar surface area (TPSA) is 59.9 Å². The molecule has 0 amide bonds. The summed E-state index contributed by atoms with van der Waals surface area (Å²) in [6.07, 6.45) is 0.770. The summed E-state index contributed by atoms with van der Waals surface area (Å²) in [5.74, 6) is 0.237. The highest BCUT2D eigenvalue weighted by atomic mass is 32.1. The molecule has 0 spiro atoms. The van der Waals surface area contributed by atoms with E-state index in [2.05, 4.69) is 9.97 Å². The fourth-order valence-corrected chi connectivity index (χ4v) is 4.13.